The van der Waals surface area contributed by atoms with Crippen molar-refractivity contribution in [2.24, 2.45) is 5.92 Å². The van der Waals surface area contributed by atoms with Crippen molar-refractivity contribution < 1.29 is 4.43 Å². The Morgan fingerprint density at radius 2 is 0.933 bits per heavy atom. The minimum absolute atomic E-state index is 0.368. The topological polar surface area (TPSA) is 9.23 Å². The van der Waals surface area contributed by atoms with Crippen LogP contribution in [0.5, 0.6) is 0 Å². The van der Waals surface area contributed by atoms with Gasteiger partial charge in [0.2, 0.25) is 0 Å². The van der Waals surface area contributed by atoms with Crippen molar-refractivity contribution in [2.45, 2.75) is 13.8 Å². The van der Waals surface area contributed by atoms with E-state index in [1.54, 1.807) is 0 Å². The summed E-state index contributed by atoms with van der Waals surface area (Å²) in [5.41, 5.74) is 12.9. The van der Waals surface area contributed by atoms with Crippen molar-refractivity contribution in [3.8, 4) is 34.4 Å². The molecule has 0 saturated heterocycles. The molecule has 0 amide bonds. The van der Waals surface area contributed by atoms with Crippen LogP contribution in [0.25, 0.3) is 0 Å². The SMILES string of the molecule is CC(C)CO[Si](C#Cc1ccccc1)(C#Cc1ccccc1)C#Cc1ccccc1. The van der Waals surface area contributed by atoms with Gasteiger partial charge in [-0.05, 0) is 42.3 Å². The summed E-state index contributed by atoms with van der Waals surface area (Å²) in [4.78, 5) is 0. The van der Waals surface area contributed by atoms with Crippen LogP contribution in [0.1, 0.15) is 30.5 Å². The Hall–Kier alpha value is -3.48. The molecular weight excluding hydrogens is 380 g/mol. The summed E-state index contributed by atoms with van der Waals surface area (Å²) < 4.78 is 6.37. The normalized spacial score (nSPS) is 10.1. The Balaban J connectivity index is 2.08. The smallest absolute Gasteiger partial charge is 0.387 e. The van der Waals surface area contributed by atoms with Gasteiger partial charge in [-0.25, -0.2) is 0 Å². The van der Waals surface area contributed by atoms with E-state index >= 15 is 0 Å². The van der Waals surface area contributed by atoms with E-state index in [-0.39, 0.29) is 0 Å². The van der Waals surface area contributed by atoms with Crippen molar-refractivity contribution in [3.63, 3.8) is 0 Å². The molecule has 0 radical (unpaired) electrons. The van der Waals surface area contributed by atoms with E-state index in [2.05, 4.69) is 48.2 Å². The van der Waals surface area contributed by atoms with Crippen LogP contribution < -0.4 is 0 Å². The minimum atomic E-state index is -2.99. The minimum Gasteiger partial charge on any atom is -0.387 e. The monoisotopic (exact) mass is 404 g/mol. The molecule has 2 heteroatoms. The van der Waals surface area contributed by atoms with Gasteiger partial charge in [0.1, 0.15) is 0 Å². The highest BCUT2D eigenvalue weighted by atomic mass is 28.4. The van der Waals surface area contributed by atoms with E-state index in [0.717, 1.165) is 16.7 Å². The van der Waals surface area contributed by atoms with Crippen LogP contribution in [0, 0.1) is 40.3 Å². The van der Waals surface area contributed by atoms with Crippen LogP contribution in [0.15, 0.2) is 91.0 Å². The maximum absolute atomic E-state index is 6.37. The van der Waals surface area contributed by atoms with E-state index in [1.807, 2.05) is 91.0 Å². The summed E-state index contributed by atoms with van der Waals surface area (Å²) in [6, 6.07) is 29.8. The second kappa shape index (κ2) is 10.9. The summed E-state index contributed by atoms with van der Waals surface area (Å²) in [6.07, 6.45) is 0. The molecule has 0 aliphatic carbocycles. The van der Waals surface area contributed by atoms with Crippen molar-refractivity contribution >= 4 is 8.32 Å². The van der Waals surface area contributed by atoms with Crippen molar-refractivity contribution in [3.05, 3.63) is 108 Å². The van der Waals surface area contributed by atoms with Gasteiger partial charge >= 0.3 is 8.32 Å². The van der Waals surface area contributed by atoms with Crippen LogP contribution in [0.4, 0.5) is 0 Å². The molecule has 0 aliphatic heterocycles. The molecule has 3 aromatic carbocycles. The van der Waals surface area contributed by atoms with Gasteiger partial charge in [-0.2, -0.15) is 0 Å². The molecule has 30 heavy (non-hydrogen) atoms. The van der Waals surface area contributed by atoms with Crippen molar-refractivity contribution in [1.29, 1.82) is 0 Å². The van der Waals surface area contributed by atoms with Crippen LogP contribution in [0.2, 0.25) is 0 Å². The molecule has 3 rings (SSSR count). The Morgan fingerprint density at radius 1 is 0.600 bits per heavy atom. The first-order valence-electron chi connectivity index (χ1n) is 10.0. The summed E-state index contributed by atoms with van der Waals surface area (Å²) in [5, 5.41) is 0. The molecule has 1 nitrogen and oxygen atoms in total. The maximum Gasteiger partial charge on any atom is 0.438 e. The molecule has 3 aromatic rings. The van der Waals surface area contributed by atoms with Gasteiger partial charge in [-0.15, -0.1) is 0 Å². The second-order valence-corrected chi connectivity index (χ2v) is 9.64. The number of benzene rings is 3. The second-order valence-electron chi connectivity index (χ2n) is 7.23. The quantitative estimate of drug-likeness (QED) is 0.421. The molecule has 0 saturated carbocycles. The average molecular weight is 405 g/mol. The van der Waals surface area contributed by atoms with Gasteiger partial charge in [0, 0.05) is 23.3 Å². The third kappa shape index (κ3) is 6.84. The lowest BCUT2D eigenvalue weighted by Gasteiger charge is -2.16. The molecular formula is C28H24OSi. The molecule has 0 fully saturated rings. The summed E-state index contributed by atoms with van der Waals surface area (Å²) in [5.74, 6) is 10.2. The fourth-order valence-corrected chi connectivity index (χ4v) is 4.49. The first kappa shape index (κ1) is 21.2. The third-order valence-corrected chi connectivity index (χ3v) is 6.13. The molecule has 0 N–H and O–H groups in total. The molecule has 0 atom stereocenters. The molecule has 0 heterocycles. The van der Waals surface area contributed by atoms with E-state index in [9.17, 15) is 0 Å². The lowest BCUT2D eigenvalue weighted by molar-refractivity contribution is 0.276. The van der Waals surface area contributed by atoms with Gasteiger partial charge in [0.25, 0.3) is 0 Å². The van der Waals surface area contributed by atoms with Gasteiger partial charge in [-0.1, -0.05) is 103 Å². The average Bonchev–Trinajstić information content (AvgIpc) is 2.80. The zero-order chi connectivity index (χ0) is 21.1. The number of hydrogen-bond acceptors (Lipinski definition) is 1. The third-order valence-electron chi connectivity index (χ3n) is 4.10. The zero-order valence-corrected chi connectivity index (χ0v) is 18.4. The van der Waals surface area contributed by atoms with E-state index < -0.39 is 8.32 Å². The van der Waals surface area contributed by atoms with Crippen LogP contribution in [0.3, 0.4) is 0 Å². The van der Waals surface area contributed by atoms with Gasteiger partial charge < -0.3 is 4.43 Å². The van der Waals surface area contributed by atoms with Crippen LogP contribution >= 0.6 is 0 Å². The molecule has 146 valence electrons. The van der Waals surface area contributed by atoms with Gasteiger partial charge in [-0.3, -0.25) is 0 Å². The van der Waals surface area contributed by atoms with Crippen molar-refractivity contribution in [2.75, 3.05) is 6.61 Å². The Morgan fingerprint density at radius 3 is 1.23 bits per heavy atom. The van der Waals surface area contributed by atoms with Crippen LogP contribution in [-0.2, 0) is 4.43 Å². The van der Waals surface area contributed by atoms with Crippen molar-refractivity contribution in [1.82, 2.24) is 0 Å². The molecule has 0 aromatic heterocycles. The fraction of sp³-hybridized carbons (Fsp3) is 0.143. The van der Waals surface area contributed by atoms with E-state index in [4.69, 9.17) is 4.43 Å². The summed E-state index contributed by atoms with van der Waals surface area (Å²) in [6.45, 7) is 4.82. The highest BCUT2D eigenvalue weighted by Gasteiger charge is 2.31. The van der Waals surface area contributed by atoms with Crippen LogP contribution in [-0.4, -0.2) is 14.9 Å². The largest absolute Gasteiger partial charge is 0.438 e. The summed E-state index contributed by atoms with van der Waals surface area (Å²) in [7, 11) is -2.99. The first-order valence-corrected chi connectivity index (χ1v) is 11.9. The predicted octanol–water partition coefficient (Wildman–Crippen LogP) is 5.38. The Bertz CT molecular complexity index is 977. The van der Waals surface area contributed by atoms with E-state index in [0.29, 0.717) is 12.5 Å². The molecule has 0 bridgehead atoms. The first-order chi connectivity index (χ1) is 14.7. The lowest BCUT2D eigenvalue weighted by Crippen LogP contribution is -2.36. The number of rotatable bonds is 3. The summed E-state index contributed by atoms with van der Waals surface area (Å²) >= 11 is 0. The van der Waals surface area contributed by atoms with Gasteiger partial charge in [0.15, 0.2) is 0 Å². The maximum atomic E-state index is 6.37. The zero-order valence-electron chi connectivity index (χ0n) is 17.4. The Labute approximate surface area is 181 Å². The molecule has 0 aliphatic rings. The molecule has 0 unspecified atom stereocenters. The highest BCUT2D eigenvalue weighted by molar-refractivity contribution is 6.95. The molecule has 0 spiro atoms. The highest BCUT2D eigenvalue weighted by Crippen LogP contribution is 2.09. The predicted molar refractivity (Wildman–Crippen MR) is 127 cm³/mol. The lowest BCUT2D eigenvalue weighted by atomic mass is 10.2. The number of hydrogen-bond donors (Lipinski definition) is 0. The standard InChI is InChI=1S/C28H24OSi/c1-25(2)24-29-30(21-18-26-12-6-3-7-13-26,22-19-27-14-8-4-9-15-27)23-20-28-16-10-5-11-17-28/h3-17,25H,24H2,1-2H3. The van der Waals surface area contributed by atoms with Gasteiger partial charge in [0.05, 0.1) is 0 Å². The fourth-order valence-electron chi connectivity index (χ4n) is 2.54. The van der Waals surface area contributed by atoms with E-state index in [1.165, 1.54) is 0 Å². The Kier molecular flexibility index (Phi) is 7.71.